The van der Waals surface area contributed by atoms with Crippen molar-refractivity contribution < 1.29 is 13.2 Å². The first-order valence-corrected chi connectivity index (χ1v) is 10.5. The van der Waals surface area contributed by atoms with Crippen molar-refractivity contribution >= 4 is 27.3 Å². The normalized spacial score (nSPS) is 14.0. The lowest BCUT2D eigenvalue weighted by molar-refractivity contribution is 0.102. The second-order valence-corrected chi connectivity index (χ2v) is 8.67. The van der Waals surface area contributed by atoms with Crippen molar-refractivity contribution in [3.8, 4) is 0 Å². The molecular formula is C20H24N2O3S. The first-order valence-electron chi connectivity index (χ1n) is 8.92. The van der Waals surface area contributed by atoms with Crippen LogP contribution in [0.3, 0.4) is 0 Å². The highest BCUT2D eigenvalue weighted by Crippen LogP contribution is 2.32. The molecule has 26 heavy (non-hydrogen) atoms. The number of fused-ring (bicyclic) bond motifs is 1. The van der Waals surface area contributed by atoms with Crippen LogP contribution in [-0.4, -0.2) is 26.6 Å². The molecule has 0 radical (unpaired) electrons. The Morgan fingerprint density at radius 3 is 2.58 bits per heavy atom. The SMILES string of the molecule is CCCS(=O)(=O)N1CCCc2cc(NC(=O)c3ccc(C)cc3)ccc21. The average Bonchev–Trinajstić information content (AvgIpc) is 2.61. The molecule has 2 aromatic carbocycles. The van der Waals surface area contributed by atoms with E-state index in [2.05, 4.69) is 5.32 Å². The first-order chi connectivity index (χ1) is 12.4. The lowest BCUT2D eigenvalue weighted by Gasteiger charge is -2.30. The summed E-state index contributed by atoms with van der Waals surface area (Å²) in [5.74, 6) is -0.0190. The predicted molar refractivity (Wildman–Crippen MR) is 105 cm³/mol. The van der Waals surface area contributed by atoms with Gasteiger partial charge in [0.1, 0.15) is 0 Å². The molecule has 6 heteroatoms. The van der Waals surface area contributed by atoms with E-state index in [9.17, 15) is 13.2 Å². The van der Waals surface area contributed by atoms with Crippen LogP contribution in [0.5, 0.6) is 0 Å². The van der Waals surface area contributed by atoms with Crippen molar-refractivity contribution in [2.75, 3.05) is 21.9 Å². The van der Waals surface area contributed by atoms with Crippen molar-refractivity contribution in [1.82, 2.24) is 0 Å². The molecule has 1 aliphatic rings. The number of nitrogens with one attached hydrogen (secondary N) is 1. The Balaban J connectivity index is 1.82. The minimum Gasteiger partial charge on any atom is -0.322 e. The Bertz CT molecular complexity index is 905. The number of carbonyl (C=O) groups excluding carboxylic acids is 1. The molecule has 0 fully saturated rings. The van der Waals surface area contributed by atoms with E-state index in [1.54, 1.807) is 24.3 Å². The number of hydrogen-bond acceptors (Lipinski definition) is 3. The molecule has 1 amide bonds. The summed E-state index contributed by atoms with van der Waals surface area (Å²) in [6, 6.07) is 12.8. The summed E-state index contributed by atoms with van der Waals surface area (Å²) in [4.78, 5) is 12.4. The largest absolute Gasteiger partial charge is 0.322 e. The van der Waals surface area contributed by atoms with E-state index in [0.29, 0.717) is 24.2 Å². The van der Waals surface area contributed by atoms with Gasteiger partial charge in [0.15, 0.2) is 0 Å². The van der Waals surface area contributed by atoms with Gasteiger partial charge in [0.25, 0.3) is 5.91 Å². The molecule has 3 rings (SSSR count). The van der Waals surface area contributed by atoms with E-state index in [0.717, 1.165) is 29.7 Å². The Kier molecular flexibility index (Phi) is 5.32. The van der Waals surface area contributed by atoms with Crippen molar-refractivity contribution in [2.24, 2.45) is 0 Å². The number of rotatable bonds is 5. The van der Waals surface area contributed by atoms with Crippen molar-refractivity contribution in [3.05, 3.63) is 59.2 Å². The number of sulfonamides is 1. The quantitative estimate of drug-likeness (QED) is 0.869. The molecule has 0 spiro atoms. The predicted octanol–water partition coefficient (Wildman–Crippen LogP) is 3.74. The fourth-order valence-electron chi connectivity index (χ4n) is 3.21. The summed E-state index contributed by atoms with van der Waals surface area (Å²) < 4.78 is 26.5. The number of nitrogens with zero attached hydrogens (tertiary/aromatic N) is 1. The number of anilines is 2. The third-order valence-electron chi connectivity index (χ3n) is 4.52. The average molecular weight is 372 g/mol. The van der Waals surface area contributed by atoms with Crippen LogP contribution < -0.4 is 9.62 Å². The third kappa shape index (κ3) is 3.90. The van der Waals surface area contributed by atoms with Crippen LogP contribution in [0.2, 0.25) is 0 Å². The number of carbonyl (C=O) groups is 1. The Morgan fingerprint density at radius 1 is 1.15 bits per heavy atom. The summed E-state index contributed by atoms with van der Waals surface area (Å²) in [6.45, 7) is 4.36. The van der Waals surface area contributed by atoms with Gasteiger partial charge in [0.05, 0.1) is 11.4 Å². The Hall–Kier alpha value is -2.34. The standard InChI is InChI=1S/C20H24N2O3S/c1-3-13-26(24,25)22-12-4-5-17-14-18(10-11-19(17)22)21-20(23)16-8-6-15(2)7-9-16/h6-11,14H,3-5,12-13H2,1-2H3,(H,21,23). The van der Waals surface area contributed by atoms with Crippen molar-refractivity contribution in [3.63, 3.8) is 0 Å². The summed E-state index contributed by atoms with van der Waals surface area (Å²) in [7, 11) is -3.28. The Morgan fingerprint density at radius 2 is 1.88 bits per heavy atom. The summed E-state index contributed by atoms with van der Waals surface area (Å²) >= 11 is 0. The zero-order valence-electron chi connectivity index (χ0n) is 15.2. The molecule has 0 bridgehead atoms. The second-order valence-electron chi connectivity index (χ2n) is 6.66. The molecule has 5 nitrogen and oxygen atoms in total. The number of hydrogen-bond donors (Lipinski definition) is 1. The molecule has 1 heterocycles. The lowest BCUT2D eigenvalue weighted by atomic mass is 10.0. The van der Waals surface area contributed by atoms with Gasteiger partial charge in [0, 0.05) is 17.8 Å². The molecule has 0 aliphatic carbocycles. The Labute approximate surface area is 155 Å². The van der Waals surface area contributed by atoms with Crippen molar-refractivity contribution in [2.45, 2.75) is 33.1 Å². The van der Waals surface area contributed by atoms with Crippen LogP contribution in [0.15, 0.2) is 42.5 Å². The zero-order chi connectivity index (χ0) is 18.7. The number of benzene rings is 2. The fraction of sp³-hybridized carbons (Fsp3) is 0.350. The molecule has 0 unspecified atom stereocenters. The van der Waals surface area contributed by atoms with Gasteiger partial charge in [-0.1, -0.05) is 24.6 Å². The maximum absolute atomic E-state index is 12.5. The summed E-state index contributed by atoms with van der Waals surface area (Å²) in [5.41, 5.74) is 4.07. The van der Waals surface area contributed by atoms with Gasteiger partial charge < -0.3 is 5.32 Å². The van der Waals surface area contributed by atoms with Gasteiger partial charge in [-0.15, -0.1) is 0 Å². The third-order valence-corrected chi connectivity index (χ3v) is 6.50. The maximum atomic E-state index is 12.5. The summed E-state index contributed by atoms with van der Waals surface area (Å²) in [5, 5.41) is 2.90. The van der Waals surface area contributed by atoms with E-state index in [4.69, 9.17) is 0 Å². The summed E-state index contributed by atoms with van der Waals surface area (Å²) in [6.07, 6.45) is 2.19. The molecule has 1 N–H and O–H groups in total. The zero-order valence-corrected chi connectivity index (χ0v) is 16.0. The maximum Gasteiger partial charge on any atom is 0.255 e. The topological polar surface area (TPSA) is 66.5 Å². The van der Waals surface area contributed by atoms with E-state index in [1.807, 2.05) is 32.0 Å². The highest BCUT2D eigenvalue weighted by Gasteiger charge is 2.26. The van der Waals surface area contributed by atoms with Gasteiger partial charge in [0.2, 0.25) is 10.0 Å². The molecule has 0 aromatic heterocycles. The minimum absolute atomic E-state index is 0.151. The van der Waals surface area contributed by atoms with Crippen LogP contribution >= 0.6 is 0 Å². The minimum atomic E-state index is -3.28. The molecule has 138 valence electrons. The van der Waals surface area contributed by atoms with Gasteiger partial charge >= 0.3 is 0 Å². The van der Waals surface area contributed by atoms with Gasteiger partial charge in [-0.3, -0.25) is 9.10 Å². The van der Waals surface area contributed by atoms with Crippen LogP contribution in [0.4, 0.5) is 11.4 Å². The van der Waals surface area contributed by atoms with Gasteiger partial charge in [-0.05, 0) is 62.1 Å². The highest BCUT2D eigenvalue weighted by atomic mass is 32.2. The van der Waals surface area contributed by atoms with E-state index < -0.39 is 10.0 Å². The molecular weight excluding hydrogens is 348 g/mol. The number of amides is 1. The monoisotopic (exact) mass is 372 g/mol. The van der Waals surface area contributed by atoms with Crippen LogP contribution in [0.25, 0.3) is 0 Å². The molecule has 1 aliphatic heterocycles. The number of aryl methyl sites for hydroxylation is 2. The van der Waals surface area contributed by atoms with Crippen LogP contribution in [0, 0.1) is 6.92 Å². The lowest BCUT2D eigenvalue weighted by Crippen LogP contribution is -2.37. The fourth-order valence-corrected chi connectivity index (χ4v) is 4.83. The van der Waals surface area contributed by atoms with Crippen LogP contribution in [-0.2, 0) is 16.4 Å². The van der Waals surface area contributed by atoms with Gasteiger partial charge in [-0.25, -0.2) is 8.42 Å². The smallest absolute Gasteiger partial charge is 0.255 e. The van der Waals surface area contributed by atoms with Crippen molar-refractivity contribution in [1.29, 1.82) is 0 Å². The highest BCUT2D eigenvalue weighted by molar-refractivity contribution is 7.92. The van der Waals surface area contributed by atoms with Gasteiger partial charge in [-0.2, -0.15) is 0 Å². The first kappa shape index (κ1) is 18.5. The molecule has 0 saturated carbocycles. The second kappa shape index (κ2) is 7.50. The van der Waals surface area contributed by atoms with E-state index in [1.165, 1.54) is 4.31 Å². The van der Waals surface area contributed by atoms with Crippen LogP contribution in [0.1, 0.15) is 41.3 Å². The molecule has 0 saturated heterocycles. The van der Waals surface area contributed by atoms with E-state index in [-0.39, 0.29) is 11.7 Å². The molecule has 2 aromatic rings. The van der Waals surface area contributed by atoms with E-state index >= 15 is 0 Å². The molecule has 0 atom stereocenters.